The summed E-state index contributed by atoms with van der Waals surface area (Å²) in [4.78, 5) is 11.6. The summed E-state index contributed by atoms with van der Waals surface area (Å²) in [6, 6.07) is 0.573. The minimum Gasteiger partial charge on any atom is -0.368 e. The van der Waals surface area contributed by atoms with Crippen LogP contribution in [0.1, 0.15) is 52.4 Å². The molecule has 1 unspecified atom stereocenters. The fourth-order valence-corrected chi connectivity index (χ4v) is 2.27. The molecule has 0 bridgehead atoms. The minimum atomic E-state index is 0.000761. The highest BCUT2D eigenvalue weighted by atomic mass is 16.5. The van der Waals surface area contributed by atoms with E-state index in [1.807, 2.05) is 6.92 Å². The fourth-order valence-electron chi connectivity index (χ4n) is 2.27. The first-order valence-electron chi connectivity index (χ1n) is 6.78. The molecule has 1 atom stereocenters. The van der Waals surface area contributed by atoms with Crippen LogP contribution in [-0.4, -0.2) is 30.7 Å². The van der Waals surface area contributed by atoms with Gasteiger partial charge in [-0.3, -0.25) is 4.79 Å². The molecular weight excluding hydrogens is 216 g/mol. The zero-order valence-electron chi connectivity index (χ0n) is 11.1. The molecule has 3 N–H and O–H groups in total. The minimum absolute atomic E-state index is 0.000761. The lowest BCUT2D eigenvalue weighted by Gasteiger charge is -2.26. The number of amides is 1. The Morgan fingerprint density at radius 3 is 2.65 bits per heavy atom. The maximum atomic E-state index is 11.6. The first kappa shape index (κ1) is 14.5. The van der Waals surface area contributed by atoms with E-state index in [0.717, 1.165) is 38.5 Å². The van der Waals surface area contributed by atoms with Gasteiger partial charge < -0.3 is 15.8 Å². The molecule has 0 saturated heterocycles. The molecule has 1 rings (SSSR count). The van der Waals surface area contributed by atoms with Gasteiger partial charge in [0.25, 0.3) is 0 Å². The maximum Gasteiger partial charge on any atom is 0.246 e. The average molecular weight is 242 g/mol. The average Bonchev–Trinajstić information content (AvgIpc) is 2.28. The molecule has 0 aromatic heterocycles. The number of hydrogen-bond donors (Lipinski definition) is 2. The summed E-state index contributed by atoms with van der Waals surface area (Å²) >= 11 is 0. The Morgan fingerprint density at radius 1 is 1.41 bits per heavy atom. The molecule has 1 aliphatic rings. The van der Waals surface area contributed by atoms with Gasteiger partial charge in [0.1, 0.15) is 6.61 Å². The van der Waals surface area contributed by atoms with Crippen LogP contribution in [0.25, 0.3) is 0 Å². The Bertz CT molecular complexity index is 225. The SMILES string of the molecule is CCCC(C)NC(=O)COC1CCC(N)CC1. The molecular formula is C13H26N2O2. The molecule has 1 amide bonds. The number of ether oxygens (including phenoxy) is 1. The summed E-state index contributed by atoms with van der Waals surface area (Å²) in [6.07, 6.45) is 6.32. The lowest BCUT2D eigenvalue weighted by atomic mass is 9.94. The van der Waals surface area contributed by atoms with Crippen molar-refractivity contribution in [3.8, 4) is 0 Å². The predicted octanol–water partition coefficient (Wildman–Crippen LogP) is 1.58. The van der Waals surface area contributed by atoms with Crippen molar-refractivity contribution >= 4 is 5.91 Å². The van der Waals surface area contributed by atoms with Crippen LogP contribution in [0.4, 0.5) is 0 Å². The van der Waals surface area contributed by atoms with Gasteiger partial charge >= 0.3 is 0 Å². The van der Waals surface area contributed by atoms with Gasteiger partial charge in [0.15, 0.2) is 0 Å². The van der Waals surface area contributed by atoms with Crippen LogP contribution >= 0.6 is 0 Å². The van der Waals surface area contributed by atoms with Crippen molar-refractivity contribution in [3.05, 3.63) is 0 Å². The second-order valence-electron chi connectivity index (χ2n) is 5.11. The van der Waals surface area contributed by atoms with E-state index in [4.69, 9.17) is 10.5 Å². The third-order valence-electron chi connectivity index (χ3n) is 3.30. The van der Waals surface area contributed by atoms with E-state index in [-0.39, 0.29) is 24.7 Å². The van der Waals surface area contributed by atoms with Crippen molar-refractivity contribution in [2.45, 2.75) is 70.6 Å². The molecule has 0 radical (unpaired) electrons. The summed E-state index contributed by atoms with van der Waals surface area (Å²) in [5.41, 5.74) is 5.82. The largest absolute Gasteiger partial charge is 0.368 e. The molecule has 1 fully saturated rings. The Hall–Kier alpha value is -0.610. The third-order valence-corrected chi connectivity index (χ3v) is 3.30. The topological polar surface area (TPSA) is 64.3 Å². The van der Waals surface area contributed by atoms with Crippen molar-refractivity contribution < 1.29 is 9.53 Å². The molecule has 4 nitrogen and oxygen atoms in total. The van der Waals surface area contributed by atoms with Gasteiger partial charge in [-0.05, 0) is 39.0 Å². The van der Waals surface area contributed by atoms with E-state index in [1.165, 1.54) is 0 Å². The van der Waals surface area contributed by atoms with E-state index in [0.29, 0.717) is 6.04 Å². The number of rotatable bonds is 6. The molecule has 100 valence electrons. The molecule has 4 heteroatoms. The van der Waals surface area contributed by atoms with Crippen LogP contribution in [0, 0.1) is 0 Å². The second-order valence-corrected chi connectivity index (χ2v) is 5.11. The van der Waals surface area contributed by atoms with Crippen molar-refractivity contribution in [3.63, 3.8) is 0 Å². The lowest BCUT2D eigenvalue weighted by Crippen LogP contribution is -2.37. The fraction of sp³-hybridized carbons (Fsp3) is 0.923. The summed E-state index contributed by atoms with van der Waals surface area (Å²) in [5.74, 6) is 0.000761. The zero-order chi connectivity index (χ0) is 12.7. The highest BCUT2D eigenvalue weighted by molar-refractivity contribution is 5.77. The zero-order valence-corrected chi connectivity index (χ0v) is 11.1. The first-order chi connectivity index (χ1) is 8.11. The molecule has 0 aromatic carbocycles. The predicted molar refractivity (Wildman–Crippen MR) is 68.7 cm³/mol. The van der Waals surface area contributed by atoms with Gasteiger partial charge in [-0.1, -0.05) is 13.3 Å². The van der Waals surface area contributed by atoms with Crippen molar-refractivity contribution in [1.82, 2.24) is 5.32 Å². The van der Waals surface area contributed by atoms with Gasteiger partial charge in [-0.25, -0.2) is 0 Å². The van der Waals surface area contributed by atoms with Gasteiger partial charge in [-0.2, -0.15) is 0 Å². The van der Waals surface area contributed by atoms with Crippen molar-refractivity contribution in [1.29, 1.82) is 0 Å². The summed E-state index contributed by atoms with van der Waals surface area (Å²) in [6.45, 7) is 4.33. The van der Waals surface area contributed by atoms with Crippen LogP contribution in [0.3, 0.4) is 0 Å². The van der Waals surface area contributed by atoms with E-state index < -0.39 is 0 Å². The van der Waals surface area contributed by atoms with Crippen LogP contribution in [-0.2, 0) is 9.53 Å². The van der Waals surface area contributed by atoms with Gasteiger partial charge in [0.2, 0.25) is 5.91 Å². The Morgan fingerprint density at radius 2 is 2.06 bits per heavy atom. The molecule has 17 heavy (non-hydrogen) atoms. The summed E-state index contributed by atoms with van der Waals surface area (Å²) in [5, 5.41) is 2.94. The lowest BCUT2D eigenvalue weighted by molar-refractivity contribution is -0.129. The van der Waals surface area contributed by atoms with E-state index >= 15 is 0 Å². The molecule has 0 heterocycles. The molecule has 1 aliphatic carbocycles. The maximum absolute atomic E-state index is 11.6. The Kier molecular flexibility index (Phi) is 6.52. The number of nitrogens with two attached hydrogens (primary N) is 1. The van der Waals surface area contributed by atoms with E-state index in [9.17, 15) is 4.79 Å². The smallest absolute Gasteiger partial charge is 0.246 e. The highest BCUT2D eigenvalue weighted by Crippen LogP contribution is 2.19. The molecule has 0 aliphatic heterocycles. The second kappa shape index (κ2) is 7.67. The number of nitrogens with one attached hydrogen (secondary N) is 1. The van der Waals surface area contributed by atoms with Gasteiger partial charge in [0.05, 0.1) is 6.10 Å². The monoisotopic (exact) mass is 242 g/mol. The molecule has 0 aromatic rings. The number of carbonyl (C=O) groups excluding carboxylic acids is 1. The third kappa shape index (κ3) is 6.03. The Labute approximate surface area is 104 Å². The standard InChI is InChI=1S/C13H26N2O2/c1-3-4-10(2)15-13(16)9-17-12-7-5-11(14)6-8-12/h10-12H,3-9,14H2,1-2H3,(H,15,16). The number of hydrogen-bond acceptors (Lipinski definition) is 3. The highest BCUT2D eigenvalue weighted by Gasteiger charge is 2.19. The summed E-state index contributed by atoms with van der Waals surface area (Å²) in [7, 11) is 0. The summed E-state index contributed by atoms with van der Waals surface area (Å²) < 4.78 is 5.60. The van der Waals surface area contributed by atoms with Crippen LogP contribution < -0.4 is 11.1 Å². The van der Waals surface area contributed by atoms with Crippen molar-refractivity contribution in [2.24, 2.45) is 5.73 Å². The van der Waals surface area contributed by atoms with Crippen LogP contribution in [0.15, 0.2) is 0 Å². The van der Waals surface area contributed by atoms with E-state index in [1.54, 1.807) is 0 Å². The first-order valence-corrected chi connectivity index (χ1v) is 6.78. The van der Waals surface area contributed by atoms with Crippen LogP contribution in [0.5, 0.6) is 0 Å². The van der Waals surface area contributed by atoms with Crippen molar-refractivity contribution in [2.75, 3.05) is 6.61 Å². The van der Waals surface area contributed by atoms with E-state index in [2.05, 4.69) is 12.2 Å². The number of carbonyl (C=O) groups is 1. The van der Waals surface area contributed by atoms with Gasteiger partial charge in [0, 0.05) is 12.1 Å². The molecule has 0 spiro atoms. The molecule has 1 saturated carbocycles. The van der Waals surface area contributed by atoms with Crippen LogP contribution in [0.2, 0.25) is 0 Å². The normalized spacial score (nSPS) is 26.5. The quantitative estimate of drug-likeness (QED) is 0.743. The Balaban J connectivity index is 2.11. The van der Waals surface area contributed by atoms with Gasteiger partial charge in [-0.15, -0.1) is 0 Å².